The summed E-state index contributed by atoms with van der Waals surface area (Å²) in [4.78, 5) is 12.8. The van der Waals surface area contributed by atoms with Gasteiger partial charge in [-0.25, -0.2) is 5.43 Å². The molecule has 4 nitrogen and oxygen atoms in total. The fourth-order valence-corrected chi connectivity index (χ4v) is 2.67. The van der Waals surface area contributed by atoms with E-state index in [4.69, 9.17) is 16.3 Å². The average Bonchev–Trinajstić information content (AvgIpc) is 2.92. The Hall–Kier alpha value is -1.85. The molecule has 0 saturated carbocycles. The Morgan fingerprint density at radius 1 is 1.29 bits per heavy atom. The number of hydrogen-bond acceptors (Lipinski definition) is 4. The summed E-state index contributed by atoms with van der Waals surface area (Å²) >= 11 is 7.29. The Bertz CT molecular complexity index is 650. The summed E-state index contributed by atoms with van der Waals surface area (Å²) in [5.41, 5.74) is 4.18. The Morgan fingerprint density at radius 2 is 2.00 bits per heavy atom. The molecule has 21 heavy (non-hydrogen) atoms. The van der Waals surface area contributed by atoms with Gasteiger partial charge in [-0.2, -0.15) is 5.10 Å². The first-order valence-corrected chi connectivity index (χ1v) is 7.49. The molecule has 0 aliphatic heterocycles. The monoisotopic (exact) mass is 322 g/mol. The smallest absolute Gasteiger partial charge is 0.244 e. The van der Waals surface area contributed by atoms with Crippen molar-refractivity contribution >= 4 is 34.6 Å². The van der Waals surface area contributed by atoms with E-state index >= 15 is 0 Å². The Balaban J connectivity index is 1.92. The first kappa shape index (κ1) is 15.5. The molecule has 0 aliphatic carbocycles. The third-order valence-electron chi connectivity index (χ3n) is 2.80. The molecule has 0 radical (unpaired) electrons. The van der Waals surface area contributed by atoms with Crippen molar-refractivity contribution in [2.75, 3.05) is 7.11 Å². The maximum Gasteiger partial charge on any atom is 0.244 e. The van der Waals surface area contributed by atoms with E-state index in [1.807, 2.05) is 37.3 Å². The van der Waals surface area contributed by atoms with Crippen molar-refractivity contribution in [3.63, 3.8) is 0 Å². The molecule has 0 fully saturated rings. The fourth-order valence-electron chi connectivity index (χ4n) is 1.68. The van der Waals surface area contributed by atoms with Crippen LogP contribution in [0.4, 0.5) is 0 Å². The van der Waals surface area contributed by atoms with Crippen LogP contribution >= 0.6 is 22.9 Å². The van der Waals surface area contributed by atoms with Gasteiger partial charge in [0.25, 0.3) is 0 Å². The number of amides is 1. The van der Waals surface area contributed by atoms with Crippen molar-refractivity contribution in [2.24, 2.45) is 5.10 Å². The second-order valence-electron chi connectivity index (χ2n) is 4.36. The van der Waals surface area contributed by atoms with Crippen LogP contribution < -0.4 is 10.2 Å². The highest BCUT2D eigenvalue weighted by molar-refractivity contribution is 7.18. The van der Waals surface area contributed by atoms with Crippen molar-refractivity contribution < 1.29 is 9.53 Å². The highest BCUT2D eigenvalue weighted by Gasteiger charge is 2.05. The number of methoxy groups -OCH3 is 1. The first-order chi connectivity index (χ1) is 10.1. The number of hydrazone groups is 1. The van der Waals surface area contributed by atoms with E-state index in [-0.39, 0.29) is 12.3 Å². The number of carbonyl (C=O) groups is 1. The number of rotatable bonds is 5. The Kier molecular flexibility index (Phi) is 5.36. The standard InChI is InChI=1S/C15H15ClN2O2S/c1-10(13-7-8-14(16)21-13)17-18-15(19)9-11-3-5-12(20-2)6-4-11/h3-8H,9H2,1-2H3,(H,18,19)/b17-10-. The van der Waals surface area contributed by atoms with Crippen LogP contribution in [0.2, 0.25) is 4.34 Å². The van der Waals surface area contributed by atoms with E-state index in [9.17, 15) is 4.79 Å². The number of ether oxygens (including phenoxy) is 1. The molecule has 0 atom stereocenters. The predicted octanol–water partition coefficient (Wildman–Crippen LogP) is 3.49. The zero-order valence-electron chi connectivity index (χ0n) is 11.7. The zero-order chi connectivity index (χ0) is 15.2. The van der Waals surface area contributed by atoms with Gasteiger partial charge in [0.15, 0.2) is 0 Å². The summed E-state index contributed by atoms with van der Waals surface area (Å²) < 4.78 is 5.77. The molecule has 0 bridgehead atoms. The third kappa shape index (κ3) is 4.58. The zero-order valence-corrected chi connectivity index (χ0v) is 13.3. The summed E-state index contributed by atoms with van der Waals surface area (Å²) in [6, 6.07) is 11.0. The highest BCUT2D eigenvalue weighted by atomic mass is 35.5. The summed E-state index contributed by atoms with van der Waals surface area (Å²) in [7, 11) is 1.61. The summed E-state index contributed by atoms with van der Waals surface area (Å²) in [6.45, 7) is 1.83. The molecule has 1 heterocycles. The maximum atomic E-state index is 11.8. The van der Waals surface area contributed by atoms with E-state index < -0.39 is 0 Å². The lowest BCUT2D eigenvalue weighted by atomic mass is 10.1. The van der Waals surface area contributed by atoms with Gasteiger partial charge in [-0.15, -0.1) is 11.3 Å². The first-order valence-electron chi connectivity index (χ1n) is 6.30. The van der Waals surface area contributed by atoms with Crippen LogP contribution in [0.3, 0.4) is 0 Å². The lowest BCUT2D eigenvalue weighted by molar-refractivity contribution is -0.120. The molecule has 0 unspecified atom stereocenters. The molecule has 2 rings (SSSR count). The van der Waals surface area contributed by atoms with Crippen LogP contribution in [0.25, 0.3) is 0 Å². The molecule has 1 aromatic carbocycles. The summed E-state index contributed by atoms with van der Waals surface area (Å²) in [5.74, 6) is 0.602. The van der Waals surface area contributed by atoms with E-state index in [1.54, 1.807) is 13.2 Å². The summed E-state index contributed by atoms with van der Waals surface area (Å²) in [5, 5.41) is 4.08. The second kappa shape index (κ2) is 7.24. The quantitative estimate of drug-likeness (QED) is 0.676. The van der Waals surface area contributed by atoms with Crippen molar-refractivity contribution in [2.45, 2.75) is 13.3 Å². The third-order valence-corrected chi connectivity index (χ3v) is 4.14. The minimum Gasteiger partial charge on any atom is -0.497 e. The van der Waals surface area contributed by atoms with Gasteiger partial charge in [-0.1, -0.05) is 23.7 Å². The molecule has 1 aromatic heterocycles. The number of benzene rings is 1. The molecule has 1 N–H and O–H groups in total. The molecule has 0 spiro atoms. The van der Waals surface area contributed by atoms with E-state index in [0.29, 0.717) is 4.34 Å². The van der Waals surface area contributed by atoms with Crippen molar-refractivity contribution in [3.8, 4) is 5.75 Å². The molecule has 0 aliphatic rings. The van der Waals surface area contributed by atoms with E-state index in [1.165, 1.54) is 11.3 Å². The van der Waals surface area contributed by atoms with E-state index in [0.717, 1.165) is 21.9 Å². The lowest BCUT2D eigenvalue weighted by Crippen LogP contribution is -2.21. The fraction of sp³-hybridized carbons (Fsp3) is 0.200. The maximum absolute atomic E-state index is 11.8. The molecule has 2 aromatic rings. The van der Waals surface area contributed by atoms with Gasteiger partial charge >= 0.3 is 0 Å². The van der Waals surface area contributed by atoms with Gasteiger partial charge in [0.2, 0.25) is 5.91 Å². The Morgan fingerprint density at radius 3 is 2.57 bits per heavy atom. The molecular formula is C15H15ClN2O2S. The van der Waals surface area contributed by atoms with E-state index in [2.05, 4.69) is 10.5 Å². The van der Waals surface area contributed by atoms with Gasteiger partial charge in [-0.05, 0) is 36.8 Å². The van der Waals surface area contributed by atoms with Gasteiger partial charge in [0, 0.05) is 0 Å². The normalized spacial score (nSPS) is 11.3. The van der Waals surface area contributed by atoms with Gasteiger partial charge < -0.3 is 4.74 Å². The lowest BCUT2D eigenvalue weighted by Gasteiger charge is -2.03. The predicted molar refractivity (Wildman–Crippen MR) is 86.4 cm³/mol. The Labute approximate surface area is 132 Å². The van der Waals surface area contributed by atoms with Crippen LogP contribution in [0.15, 0.2) is 41.5 Å². The minimum absolute atomic E-state index is 0.165. The number of nitrogens with one attached hydrogen (secondary N) is 1. The van der Waals surface area contributed by atoms with Gasteiger partial charge in [0.1, 0.15) is 5.75 Å². The molecule has 0 saturated heterocycles. The van der Waals surface area contributed by atoms with Crippen molar-refractivity contribution in [1.29, 1.82) is 0 Å². The topological polar surface area (TPSA) is 50.7 Å². The second-order valence-corrected chi connectivity index (χ2v) is 6.08. The number of carbonyl (C=O) groups excluding carboxylic acids is 1. The van der Waals surface area contributed by atoms with Gasteiger partial charge in [0.05, 0.1) is 28.5 Å². The van der Waals surface area contributed by atoms with Crippen molar-refractivity contribution in [1.82, 2.24) is 5.43 Å². The van der Waals surface area contributed by atoms with Crippen LogP contribution in [-0.4, -0.2) is 18.7 Å². The highest BCUT2D eigenvalue weighted by Crippen LogP contribution is 2.21. The number of halogens is 1. The molecular weight excluding hydrogens is 308 g/mol. The van der Waals surface area contributed by atoms with Crippen LogP contribution in [0.5, 0.6) is 5.75 Å². The number of nitrogens with zero attached hydrogens (tertiary/aromatic N) is 1. The van der Waals surface area contributed by atoms with Crippen LogP contribution in [0, 0.1) is 0 Å². The number of hydrogen-bond donors (Lipinski definition) is 1. The summed E-state index contributed by atoms with van der Waals surface area (Å²) in [6.07, 6.45) is 0.270. The molecule has 1 amide bonds. The minimum atomic E-state index is -0.165. The van der Waals surface area contributed by atoms with Crippen LogP contribution in [0.1, 0.15) is 17.4 Å². The SMILES string of the molecule is COc1ccc(CC(=O)N/N=C(/C)c2ccc(Cl)s2)cc1. The number of thiophene rings is 1. The molecule has 110 valence electrons. The average molecular weight is 323 g/mol. The van der Waals surface area contributed by atoms with Crippen LogP contribution in [-0.2, 0) is 11.2 Å². The molecule has 6 heteroatoms. The van der Waals surface area contributed by atoms with Gasteiger partial charge in [-0.3, -0.25) is 4.79 Å². The largest absolute Gasteiger partial charge is 0.497 e. The van der Waals surface area contributed by atoms with Crippen molar-refractivity contribution in [3.05, 3.63) is 51.2 Å².